The lowest BCUT2D eigenvalue weighted by molar-refractivity contribution is -0.255. The first kappa shape index (κ1) is 11.6. The molecule has 0 aromatic carbocycles. The van der Waals surface area contributed by atoms with Crippen molar-refractivity contribution < 1.29 is 15.1 Å². The fraction of sp³-hybridized carbons (Fsp3) is 0.417. The molecular weight excluding hydrogens is 220 g/mol. The van der Waals surface area contributed by atoms with Gasteiger partial charge in [0.25, 0.3) is 0 Å². The van der Waals surface area contributed by atoms with Crippen LogP contribution in [0.5, 0.6) is 0 Å². The Labute approximate surface area is 98.8 Å². The average Bonchev–Trinajstić information content (AvgIpc) is 2.39. The summed E-state index contributed by atoms with van der Waals surface area (Å²) in [5.74, 6) is -1.29. The van der Waals surface area contributed by atoms with E-state index in [-0.39, 0.29) is 11.5 Å². The molecule has 1 N–H and O–H groups in total. The number of carboxylic acid groups (broad SMARTS) is 1. The Balaban J connectivity index is 2.32. The third-order valence-corrected chi connectivity index (χ3v) is 3.08. The first-order valence-corrected chi connectivity index (χ1v) is 5.60. The number of hydrogen-bond donors (Lipinski definition) is 1. The van der Waals surface area contributed by atoms with Crippen LogP contribution in [0.25, 0.3) is 0 Å². The van der Waals surface area contributed by atoms with Crippen LogP contribution < -0.4 is 5.11 Å². The number of nitrogens with zero attached hydrogens (tertiary/aromatic N) is 2. The van der Waals surface area contributed by atoms with E-state index in [1.165, 1.54) is 18.3 Å². The lowest BCUT2D eigenvalue weighted by Gasteiger charge is -2.22. The maximum atomic E-state index is 10.8. The zero-order valence-corrected chi connectivity index (χ0v) is 9.30. The molecule has 1 saturated carbocycles. The molecule has 1 fully saturated rings. The van der Waals surface area contributed by atoms with Crippen LogP contribution in [0.4, 0.5) is 0 Å². The highest BCUT2D eigenvalue weighted by Gasteiger charge is 2.24. The van der Waals surface area contributed by atoms with E-state index in [0.29, 0.717) is 11.4 Å². The number of carbonyl (C=O) groups is 1. The van der Waals surface area contributed by atoms with Crippen LogP contribution in [0, 0.1) is 0 Å². The van der Waals surface area contributed by atoms with Gasteiger partial charge in [-0.1, -0.05) is 11.6 Å². The Morgan fingerprint density at radius 3 is 3.06 bits per heavy atom. The van der Waals surface area contributed by atoms with Gasteiger partial charge < -0.3 is 15.1 Å². The second-order valence-corrected chi connectivity index (χ2v) is 4.15. The molecule has 90 valence electrons. The van der Waals surface area contributed by atoms with Gasteiger partial charge in [-0.3, -0.25) is 4.98 Å². The van der Waals surface area contributed by atoms with E-state index in [1.807, 2.05) is 0 Å². The third-order valence-electron chi connectivity index (χ3n) is 3.08. The van der Waals surface area contributed by atoms with Gasteiger partial charge >= 0.3 is 0 Å². The molecule has 1 aromatic heterocycles. The average molecular weight is 233 g/mol. The molecule has 1 aromatic rings. The predicted octanol–water partition coefficient (Wildman–Crippen LogP) is 0.933. The molecule has 5 heteroatoms. The molecule has 2 rings (SSSR count). The fourth-order valence-electron chi connectivity index (χ4n) is 2.20. The summed E-state index contributed by atoms with van der Waals surface area (Å²) in [7, 11) is 0. The molecule has 0 amide bonds. The molecule has 0 bridgehead atoms. The van der Waals surface area contributed by atoms with Gasteiger partial charge in [-0.2, -0.15) is 0 Å². The molecule has 1 heterocycles. The molecule has 1 aliphatic carbocycles. The summed E-state index contributed by atoms with van der Waals surface area (Å²) in [5.41, 5.74) is 1.43. The van der Waals surface area contributed by atoms with E-state index in [4.69, 9.17) is 5.21 Å². The minimum atomic E-state index is -1.22. The quantitative estimate of drug-likeness (QED) is 0.608. The van der Waals surface area contributed by atoms with Gasteiger partial charge in [0, 0.05) is 23.4 Å². The van der Waals surface area contributed by atoms with Gasteiger partial charge in [-0.25, -0.2) is 0 Å². The molecular formula is C12H13N2O3-. The molecule has 0 radical (unpaired) electrons. The van der Waals surface area contributed by atoms with Crippen molar-refractivity contribution in [1.82, 2.24) is 4.98 Å². The molecule has 0 aliphatic heterocycles. The van der Waals surface area contributed by atoms with E-state index in [1.54, 1.807) is 0 Å². The van der Waals surface area contributed by atoms with Crippen molar-refractivity contribution in [1.29, 1.82) is 0 Å². The van der Waals surface area contributed by atoms with E-state index in [9.17, 15) is 9.90 Å². The minimum absolute atomic E-state index is 0.0759. The predicted molar refractivity (Wildman–Crippen MR) is 59.0 cm³/mol. The minimum Gasteiger partial charge on any atom is -0.545 e. The zero-order valence-electron chi connectivity index (χ0n) is 9.30. The van der Waals surface area contributed by atoms with Gasteiger partial charge in [0.1, 0.15) is 0 Å². The molecule has 1 atom stereocenters. The highest BCUT2D eigenvalue weighted by atomic mass is 16.4. The summed E-state index contributed by atoms with van der Waals surface area (Å²) < 4.78 is 0. The SMILES string of the molecule is O=C([O-])c1ccnc([C@@H]2CCCC/C2=N/O)c1. The summed E-state index contributed by atoms with van der Waals surface area (Å²) >= 11 is 0. The van der Waals surface area contributed by atoms with E-state index in [2.05, 4.69) is 10.1 Å². The van der Waals surface area contributed by atoms with Crippen molar-refractivity contribution in [3.8, 4) is 0 Å². The standard InChI is InChI=1S/C12H14N2O3/c15-12(16)8-5-6-13-11(7-8)9-3-1-2-4-10(9)14-17/h5-7,9,17H,1-4H2,(H,15,16)/p-1/b14-10-/t9-/m1/s1. The van der Waals surface area contributed by atoms with Crippen LogP contribution in [0.15, 0.2) is 23.5 Å². The number of carbonyl (C=O) groups excluding carboxylic acids is 1. The fourth-order valence-corrected chi connectivity index (χ4v) is 2.20. The Morgan fingerprint density at radius 1 is 1.53 bits per heavy atom. The van der Waals surface area contributed by atoms with Crippen molar-refractivity contribution in [2.75, 3.05) is 0 Å². The summed E-state index contributed by atoms with van der Waals surface area (Å²) in [4.78, 5) is 14.9. The number of pyridine rings is 1. The molecule has 1 aliphatic rings. The number of aromatic carboxylic acids is 1. The van der Waals surface area contributed by atoms with Crippen LogP contribution in [0.1, 0.15) is 47.7 Å². The number of carboxylic acids is 1. The normalized spacial score (nSPS) is 22.6. The van der Waals surface area contributed by atoms with Gasteiger partial charge in [-0.15, -0.1) is 0 Å². The van der Waals surface area contributed by atoms with Crippen molar-refractivity contribution in [2.45, 2.75) is 31.6 Å². The van der Waals surface area contributed by atoms with Gasteiger partial charge in [0.2, 0.25) is 0 Å². The second kappa shape index (κ2) is 4.95. The van der Waals surface area contributed by atoms with E-state index >= 15 is 0 Å². The molecule has 17 heavy (non-hydrogen) atoms. The van der Waals surface area contributed by atoms with E-state index in [0.717, 1.165) is 25.7 Å². The highest BCUT2D eigenvalue weighted by molar-refractivity contribution is 5.91. The largest absolute Gasteiger partial charge is 0.545 e. The van der Waals surface area contributed by atoms with Crippen LogP contribution in [-0.4, -0.2) is 21.9 Å². The molecule has 0 unspecified atom stereocenters. The Kier molecular flexibility index (Phi) is 3.37. The van der Waals surface area contributed by atoms with Gasteiger partial charge in [0.15, 0.2) is 0 Å². The topological polar surface area (TPSA) is 85.6 Å². The first-order valence-electron chi connectivity index (χ1n) is 5.60. The molecule has 0 saturated heterocycles. The van der Waals surface area contributed by atoms with Crippen molar-refractivity contribution >= 4 is 11.7 Å². The van der Waals surface area contributed by atoms with Gasteiger partial charge in [0.05, 0.1) is 11.7 Å². The first-order chi connectivity index (χ1) is 8.22. The monoisotopic (exact) mass is 233 g/mol. The van der Waals surface area contributed by atoms with Crippen molar-refractivity contribution in [2.24, 2.45) is 5.16 Å². The van der Waals surface area contributed by atoms with Crippen LogP contribution in [0.2, 0.25) is 0 Å². The van der Waals surface area contributed by atoms with Crippen molar-refractivity contribution in [3.05, 3.63) is 29.6 Å². The maximum Gasteiger partial charge on any atom is 0.0716 e. The summed E-state index contributed by atoms with van der Waals surface area (Å²) in [6.45, 7) is 0. The lowest BCUT2D eigenvalue weighted by atomic mass is 9.84. The number of rotatable bonds is 2. The Bertz CT molecular complexity index is 457. The van der Waals surface area contributed by atoms with E-state index < -0.39 is 5.97 Å². The number of hydrogen-bond acceptors (Lipinski definition) is 5. The van der Waals surface area contributed by atoms with Gasteiger partial charge in [-0.05, 0) is 31.4 Å². The van der Waals surface area contributed by atoms with Crippen molar-refractivity contribution in [3.63, 3.8) is 0 Å². The summed E-state index contributed by atoms with van der Waals surface area (Å²) in [5, 5.41) is 23.0. The smallest absolute Gasteiger partial charge is 0.0716 e. The zero-order chi connectivity index (χ0) is 12.3. The van der Waals surface area contributed by atoms with Crippen LogP contribution >= 0.6 is 0 Å². The van der Waals surface area contributed by atoms with Crippen LogP contribution in [0.3, 0.4) is 0 Å². The third kappa shape index (κ3) is 2.43. The highest BCUT2D eigenvalue weighted by Crippen LogP contribution is 2.29. The second-order valence-electron chi connectivity index (χ2n) is 4.15. The summed E-state index contributed by atoms with van der Waals surface area (Å²) in [6.07, 6.45) is 5.04. The number of aromatic nitrogens is 1. The lowest BCUT2D eigenvalue weighted by Crippen LogP contribution is -2.24. The Morgan fingerprint density at radius 2 is 2.35 bits per heavy atom. The molecule has 5 nitrogen and oxygen atoms in total. The summed E-state index contributed by atoms with van der Waals surface area (Å²) in [6, 6.07) is 2.90. The maximum absolute atomic E-state index is 10.8. The van der Waals surface area contributed by atoms with Crippen LogP contribution in [-0.2, 0) is 0 Å². The number of oxime groups is 1. The molecule has 0 spiro atoms. The Hall–Kier alpha value is -1.91.